The van der Waals surface area contributed by atoms with Crippen LogP contribution in [0, 0.1) is 11.3 Å². The predicted octanol–water partition coefficient (Wildman–Crippen LogP) is 0.618. The van der Waals surface area contributed by atoms with Gasteiger partial charge in [0.05, 0.1) is 6.07 Å². The fourth-order valence-electron chi connectivity index (χ4n) is 0.0676. The molecule has 0 unspecified atom stereocenters. The molecule has 0 saturated heterocycles. The Labute approximate surface area is 70.0 Å². The van der Waals surface area contributed by atoms with Crippen LogP contribution in [0.15, 0.2) is 0 Å². The van der Waals surface area contributed by atoms with Crippen LogP contribution in [0.3, 0.4) is 0 Å². The van der Waals surface area contributed by atoms with E-state index in [1.807, 2.05) is 0 Å². The van der Waals surface area contributed by atoms with Crippen molar-refractivity contribution in [2.75, 3.05) is 0 Å². The van der Waals surface area contributed by atoms with E-state index in [0.29, 0.717) is 0 Å². The number of hydrogen-bond acceptors (Lipinski definition) is 3. The quantitative estimate of drug-likeness (QED) is 0.644. The Morgan fingerprint density at radius 3 is 1.62 bits per heavy atom. The summed E-state index contributed by atoms with van der Waals surface area (Å²) < 4.78 is 31.7. The summed E-state index contributed by atoms with van der Waals surface area (Å²) in [4.78, 5) is 18.3. The first-order valence-electron chi connectivity index (χ1n) is 2.60. The van der Waals surface area contributed by atoms with Gasteiger partial charge in [-0.05, 0) is 0 Å². The van der Waals surface area contributed by atoms with Gasteiger partial charge < -0.3 is 10.2 Å². The SMILES string of the molecule is N#CCC(=O)O.O=C(O)C(F)(F)F. The van der Waals surface area contributed by atoms with Crippen LogP contribution < -0.4 is 0 Å². The molecule has 0 bridgehead atoms. The van der Waals surface area contributed by atoms with Gasteiger partial charge in [-0.25, -0.2) is 4.79 Å². The van der Waals surface area contributed by atoms with E-state index in [0.717, 1.165) is 0 Å². The summed E-state index contributed by atoms with van der Waals surface area (Å²) in [5.41, 5.74) is 0. The summed E-state index contributed by atoms with van der Waals surface area (Å²) in [5, 5.41) is 22.4. The summed E-state index contributed by atoms with van der Waals surface area (Å²) in [7, 11) is 0. The fourth-order valence-corrected chi connectivity index (χ4v) is 0.0676. The highest BCUT2D eigenvalue weighted by Crippen LogP contribution is 2.13. The van der Waals surface area contributed by atoms with E-state index in [1.54, 1.807) is 0 Å². The number of carboxylic acid groups (broad SMARTS) is 2. The second-order valence-corrected chi connectivity index (χ2v) is 1.53. The van der Waals surface area contributed by atoms with Crippen molar-refractivity contribution in [2.45, 2.75) is 12.6 Å². The van der Waals surface area contributed by atoms with Gasteiger partial charge >= 0.3 is 18.1 Å². The van der Waals surface area contributed by atoms with Gasteiger partial charge in [-0.15, -0.1) is 0 Å². The monoisotopic (exact) mass is 199 g/mol. The fraction of sp³-hybridized carbons (Fsp3) is 0.400. The minimum absolute atomic E-state index is 0.403. The van der Waals surface area contributed by atoms with Gasteiger partial charge in [0.25, 0.3) is 0 Å². The predicted molar refractivity (Wildman–Crippen MR) is 31.6 cm³/mol. The molecule has 0 atom stereocenters. The maximum absolute atomic E-state index is 10.6. The molecule has 0 aromatic carbocycles. The van der Waals surface area contributed by atoms with Crippen LogP contribution in [0.5, 0.6) is 0 Å². The molecule has 0 spiro atoms. The molecule has 0 rings (SSSR count). The highest BCUT2D eigenvalue weighted by molar-refractivity contribution is 5.73. The summed E-state index contributed by atoms with van der Waals surface area (Å²) in [6, 6.07) is 1.47. The molecule has 0 heterocycles. The first kappa shape index (κ1) is 13.8. The zero-order valence-electron chi connectivity index (χ0n) is 6.00. The second kappa shape index (κ2) is 5.82. The molecule has 0 amide bonds. The summed E-state index contributed by atoms with van der Waals surface area (Å²) in [6.07, 6.45) is -5.49. The molecule has 0 aromatic rings. The van der Waals surface area contributed by atoms with Crippen molar-refractivity contribution < 1.29 is 33.0 Å². The smallest absolute Gasteiger partial charge is 0.480 e. The molecule has 0 aliphatic carbocycles. The second-order valence-electron chi connectivity index (χ2n) is 1.53. The van der Waals surface area contributed by atoms with E-state index in [-0.39, 0.29) is 0 Å². The third-order valence-corrected chi connectivity index (χ3v) is 0.473. The number of halogens is 3. The van der Waals surface area contributed by atoms with Gasteiger partial charge in [0.1, 0.15) is 6.42 Å². The maximum atomic E-state index is 10.6. The van der Waals surface area contributed by atoms with Gasteiger partial charge in [0, 0.05) is 0 Å². The molecule has 2 N–H and O–H groups in total. The molecule has 0 aromatic heterocycles. The molecule has 5 nitrogen and oxygen atoms in total. The molecular weight excluding hydrogens is 195 g/mol. The van der Waals surface area contributed by atoms with Crippen molar-refractivity contribution in [1.29, 1.82) is 5.26 Å². The summed E-state index contributed by atoms with van der Waals surface area (Å²) in [5.74, 6) is -3.83. The Bertz CT molecular complexity index is 229. The molecule has 0 fully saturated rings. The van der Waals surface area contributed by atoms with Gasteiger partial charge in [-0.3, -0.25) is 4.79 Å². The first-order chi connectivity index (χ1) is 5.71. The van der Waals surface area contributed by atoms with E-state index < -0.39 is 24.5 Å². The largest absolute Gasteiger partial charge is 0.490 e. The zero-order chi connectivity index (χ0) is 11.1. The molecule has 8 heteroatoms. The Morgan fingerprint density at radius 1 is 1.31 bits per heavy atom. The van der Waals surface area contributed by atoms with Crippen molar-refractivity contribution in [3.63, 3.8) is 0 Å². The lowest BCUT2D eigenvalue weighted by molar-refractivity contribution is -0.192. The van der Waals surface area contributed by atoms with Crippen LogP contribution in [0.25, 0.3) is 0 Å². The Hall–Kier alpha value is -1.78. The van der Waals surface area contributed by atoms with Gasteiger partial charge in [-0.2, -0.15) is 18.4 Å². The standard InChI is InChI=1S/C3H3NO2.C2HF3O2/c4-2-1-3(5)6;3-2(4,5)1(6)7/h1H2,(H,5,6);(H,6,7). The minimum Gasteiger partial charge on any atom is -0.480 e. The molecule has 74 valence electrons. The van der Waals surface area contributed by atoms with Crippen molar-refractivity contribution in [1.82, 2.24) is 0 Å². The Kier molecular flexibility index (Phi) is 6.17. The van der Waals surface area contributed by atoms with Crippen LogP contribution in [0.1, 0.15) is 6.42 Å². The molecule has 0 saturated carbocycles. The Morgan fingerprint density at radius 2 is 1.62 bits per heavy atom. The van der Waals surface area contributed by atoms with Gasteiger partial charge in [0.2, 0.25) is 0 Å². The molecule has 0 aliphatic heterocycles. The third-order valence-electron chi connectivity index (χ3n) is 0.473. The van der Waals surface area contributed by atoms with Crippen molar-refractivity contribution in [3.05, 3.63) is 0 Å². The normalized spacial score (nSPS) is 9.08. The lowest BCUT2D eigenvalue weighted by Crippen LogP contribution is -2.21. The average Bonchev–Trinajstić information content (AvgIpc) is 1.85. The number of rotatable bonds is 1. The highest BCUT2D eigenvalue weighted by Gasteiger charge is 2.38. The average molecular weight is 199 g/mol. The van der Waals surface area contributed by atoms with E-state index >= 15 is 0 Å². The number of alkyl halides is 3. The lowest BCUT2D eigenvalue weighted by Gasteiger charge is -1.93. The zero-order valence-corrected chi connectivity index (χ0v) is 6.00. The number of carboxylic acids is 2. The summed E-state index contributed by atoms with van der Waals surface area (Å²) in [6.45, 7) is 0. The number of nitriles is 1. The van der Waals surface area contributed by atoms with Crippen LogP contribution in [0.4, 0.5) is 13.2 Å². The highest BCUT2D eigenvalue weighted by atomic mass is 19.4. The first-order valence-corrected chi connectivity index (χ1v) is 2.60. The van der Waals surface area contributed by atoms with Crippen molar-refractivity contribution in [2.24, 2.45) is 0 Å². The number of hydrogen-bond donors (Lipinski definition) is 2. The van der Waals surface area contributed by atoms with E-state index in [4.69, 9.17) is 20.3 Å². The molecular formula is C5H4F3NO4. The van der Waals surface area contributed by atoms with E-state index in [9.17, 15) is 18.0 Å². The van der Waals surface area contributed by atoms with Crippen LogP contribution in [-0.4, -0.2) is 28.3 Å². The van der Waals surface area contributed by atoms with Crippen LogP contribution >= 0.6 is 0 Å². The van der Waals surface area contributed by atoms with Crippen LogP contribution in [-0.2, 0) is 9.59 Å². The number of nitrogens with zero attached hydrogens (tertiary/aromatic N) is 1. The minimum atomic E-state index is -5.08. The summed E-state index contributed by atoms with van der Waals surface area (Å²) >= 11 is 0. The number of aliphatic carboxylic acids is 2. The van der Waals surface area contributed by atoms with Gasteiger partial charge in [0.15, 0.2) is 0 Å². The van der Waals surface area contributed by atoms with Gasteiger partial charge in [-0.1, -0.05) is 0 Å². The van der Waals surface area contributed by atoms with Crippen molar-refractivity contribution >= 4 is 11.9 Å². The molecule has 0 radical (unpaired) electrons. The number of carbonyl (C=O) groups is 2. The van der Waals surface area contributed by atoms with Crippen LogP contribution in [0.2, 0.25) is 0 Å². The van der Waals surface area contributed by atoms with E-state index in [1.165, 1.54) is 6.07 Å². The molecule has 13 heavy (non-hydrogen) atoms. The maximum Gasteiger partial charge on any atom is 0.490 e. The molecule has 0 aliphatic rings. The Balaban J connectivity index is 0. The third kappa shape index (κ3) is 13.2. The lowest BCUT2D eigenvalue weighted by atomic mass is 10.5. The van der Waals surface area contributed by atoms with E-state index in [2.05, 4.69) is 0 Å². The van der Waals surface area contributed by atoms with Crippen molar-refractivity contribution in [3.8, 4) is 6.07 Å². The topological polar surface area (TPSA) is 98.4 Å².